The summed E-state index contributed by atoms with van der Waals surface area (Å²) in [6.07, 6.45) is 13.5. The second-order valence-corrected chi connectivity index (χ2v) is 19.4. The molecule has 0 atom stereocenters. The monoisotopic (exact) mass is 924 g/mol. The molecule has 0 unspecified atom stereocenters. The number of carbonyl (C=O) groups excluding carboxylic acids is 2. The fourth-order valence-corrected chi connectivity index (χ4v) is 10.9. The van der Waals surface area contributed by atoms with Crippen molar-refractivity contribution in [1.29, 1.82) is 0 Å². The van der Waals surface area contributed by atoms with Gasteiger partial charge in [-0.15, -0.1) is 22.7 Å². The Balaban J connectivity index is 1.31. The quantitative estimate of drug-likeness (QED) is 0.0465. The van der Waals surface area contributed by atoms with E-state index in [1.54, 1.807) is 9.80 Å². The van der Waals surface area contributed by atoms with Gasteiger partial charge in [-0.05, 0) is 72.5 Å². The highest BCUT2D eigenvalue weighted by Gasteiger charge is 2.49. The fourth-order valence-electron chi connectivity index (χ4n) is 8.74. The number of carbonyl (C=O) groups is 2. The molecular formula is C52H62F6N2O2S2. The molecule has 0 saturated heterocycles. The highest BCUT2D eigenvalue weighted by Crippen LogP contribution is 2.50. The van der Waals surface area contributed by atoms with Gasteiger partial charge in [0.25, 0.3) is 11.8 Å². The van der Waals surface area contributed by atoms with E-state index < -0.39 is 23.5 Å². The van der Waals surface area contributed by atoms with Gasteiger partial charge in [-0.25, -0.2) is 0 Å². The molecule has 0 spiro atoms. The van der Waals surface area contributed by atoms with Gasteiger partial charge in [-0.3, -0.25) is 9.59 Å². The number of rotatable bonds is 26. The highest BCUT2D eigenvalue weighted by atomic mass is 32.1. The maximum absolute atomic E-state index is 14.9. The summed E-state index contributed by atoms with van der Waals surface area (Å²) in [4.78, 5) is 36.1. The van der Waals surface area contributed by atoms with Gasteiger partial charge in [0, 0.05) is 22.8 Å². The number of amides is 2. The first-order valence-corrected chi connectivity index (χ1v) is 25.1. The van der Waals surface area contributed by atoms with Crippen molar-refractivity contribution in [3.05, 3.63) is 105 Å². The minimum absolute atomic E-state index is 0.260. The zero-order valence-corrected chi connectivity index (χ0v) is 38.9. The largest absolute Gasteiger partial charge is 0.416 e. The molecule has 6 rings (SSSR count). The van der Waals surface area contributed by atoms with Crippen molar-refractivity contribution < 1.29 is 35.9 Å². The molecule has 0 saturated carbocycles. The number of hydrogen-bond donors (Lipinski definition) is 0. The Hall–Kier alpha value is -4.16. The number of benzene rings is 2. The third-order valence-corrected chi connectivity index (χ3v) is 14.6. The first-order chi connectivity index (χ1) is 30.8. The highest BCUT2D eigenvalue weighted by molar-refractivity contribution is 7.17. The SMILES string of the molecule is CCCCCCCCCCCCN1C(=O)C2=C(c3ccc(-c4ccc(C(F)(F)F)cc4)s3)N(CCCCCCCCCCCC)C(=O)C2=C1c1ccc(-c2ccc(C(F)(F)F)cc2)s1. The number of fused-ring (bicyclic) bond motifs is 1. The van der Waals surface area contributed by atoms with Crippen LogP contribution in [0.4, 0.5) is 26.3 Å². The summed E-state index contributed by atoms with van der Waals surface area (Å²) in [6, 6.07) is 17.4. The summed E-state index contributed by atoms with van der Waals surface area (Å²) in [5, 5.41) is 0. The van der Waals surface area contributed by atoms with Gasteiger partial charge in [-0.2, -0.15) is 26.3 Å². The zero-order chi connectivity index (χ0) is 45.7. The molecule has 2 aliphatic heterocycles. The summed E-state index contributed by atoms with van der Waals surface area (Å²) in [5.41, 5.74) is 1.47. The van der Waals surface area contributed by atoms with Crippen molar-refractivity contribution in [2.24, 2.45) is 0 Å². The van der Waals surface area contributed by atoms with E-state index >= 15 is 0 Å². The zero-order valence-electron chi connectivity index (χ0n) is 37.3. The molecule has 0 N–H and O–H groups in total. The van der Waals surface area contributed by atoms with Crippen LogP contribution in [0.15, 0.2) is 83.9 Å². The maximum Gasteiger partial charge on any atom is 0.416 e. The molecule has 346 valence electrons. The average Bonchev–Trinajstić information content (AvgIpc) is 4.07. The molecule has 0 bridgehead atoms. The molecule has 0 fully saturated rings. The molecule has 4 heterocycles. The van der Waals surface area contributed by atoms with E-state index in [1.807, 2.05) is 24.3 Å². The van der Waals surface area contributed by atoms with Crippen molar-refractivity contribution in [2.45, 2.75) is 155 Å². The van der Waals surface area contributed by atoms with Crippen LogP contribution < -0.4 is 0 Å². The van der Waals surface area contributed by atoms with Gasteiger partial charge in [0.2, 0.25) is 0 Å². The molecule has 2 aliphatic rings. The molecule has 2 aromatic carbocycles. The number of nitrogens with zero attached hydrogens (tertiary/aromatic N) is 2. The number of hydrogen-bond acceptors (Lipinski definition) is 4. The number of halogens is 6. The van der Waals surface area contributed by atoms with Crippen molar-refractivity contribution in [2.75, 3.05) is 13.1 Å². The lowest BCUT2D eigenvalue weighted by Gasteiger charge is -2.24. The maximum atomic E-state index is 14.9. The summed E-state index contributed by atoms with van der Waals surface area (Å²) in [6.45, 7) is 5.24. The topological polar surface area (TPSA) is 40.6 Å². The number of alkyl halides is 6. The Bertz CT molecular complexity index is 2040. The van der Waals surface area contributed by atoms with Crippen LogP contribution in [0.3, 0.4) is 0 Å². The van der Waals surface area contributed by atoms with Crippen LogP contribution in [-0.4, -0.2) is 34.7 Å². The van der Waals surface area contributed by atoms with E-state index in [9.17, 15) is 35.9 Å². The van der Waals surface area contributed by atoms with Crippen LogP contribution in [0, 0.1) is 0 Å². The molecule has 12 heteroatoms. The van der Waals surface area contributed by atoms with E-state index in [4.69, 9.17) is 0 Å². The lowest BCUT2D eigenvalue weighted by Crippen LogP contribution is -2.30. The van der Waals surface area contributed by atoms with Gasteiger partial charge in [0.15, 0.2) is 0 Å². The van der Waals surface area contributed by atoms with Crippen LogP contribution >= 0.6 is 22.7 Å². The summed E-state index contributed by atoms with van der Waals surface area (Å²) < 4.78 is 80.5. The molecule has 4 aromatic rings. The minimum Gasteiger partial charge on any atom is -0.306 e. The molecule has 2 aromatic heterocycles. The van der Waals surface area contributed by atoms with E-state index in [0.717, 1.165) is 75.6 Å². The van der Waals surface area contributed by atoms with E-state index in [2.05, 4.69) is 13.8 Å². The Morgan fingerprint density at radius 1 is 0.391 bits per heavy atom. The normalized spacial score (nSPS) is 14.6. The van der Waals surface area contributed by atoms with Gasteiger partial charge in [0.05, 0.1) is 43.4 Å². The summed E-state index contributed by atoms with van der Waals surface area (Å²) in [7, 11) is 0. The van der Waals surface area contributed by atoms with E-state index in [1.165, 1.54) is 124 Å². The van der Waals surface area contributed by atoms with Crippen molar-refractivity contribution >= 4 is 45.9 Å². The molecule has 0 aliphatic carbocycles. The molecule has 64 heavy (non-hydrogen) atoms. The fraction of sp³-hybridized carbons (Fsp3) is 0.500. The molecular weight excluding hydrogens is 863 g/mol. The third kappa shape index (κ3) is 12.6. The Labute approximate surface area is 383 Å². The molecule has 4 nitrogen and oxygen atoms in total. The van der Waals surface area contributed by atoms with Crippen LogP contribution in [-0.2, 0) is 21.9 Å². The third-order valence-electron chi connectivity index (χ3n) is 12.3. The van der Waals surface area contributed by atoms with Gasteiger partial charge in [0.1, 0.15) is 0 Å². The van der Waals surface area contributed by atoms with E-state index in [0.29, 0.717) is 66.3 Å². The van der Waals surface area contributed by atoms with Crippen LogP contribution in [0.25, 0.3) is 32.3 Å². The second-order valence-electron chi connectivity index (χ2n) is 17.2. The lowest BCUT2D eigenvalue weighted by molar-refractivity contribution is -0.138. The van der Waals surface area contributed by atoms with Crippen LogP contribution in [0.1, 0.15) is 163 Å². The Morgan fingerprint density at radius 3 is 0.969 bits per heavy atom. The first kappa shape index (κ1) is 49.3. The summed E-state index contributed by atoms with van der Waals surface area (Å²) in [5.74, 6) is -0.521. The van der Waals surface area contributed by atoms with Crippen LogP contribution in [0.5, 0.6) is 0 Å². The average molecular weight is 925 g/mol. The number of unbranched alkanes of at least 4 members (excludes halogenated alkanes) is 18. The smallest absolute Gasteiger partial charge is 0.306 e. The second kappa shape index (κ2) is 23.3. The Kier molecular flexibility index (Phi) is 18.0. The minimum atomic E-state index is -4.46. The van der Waals surface area contributed by atoms with E-state index in [-0.39, 0.29) is 11.8 Å². The van der Waals surface area contributed by atoms with Crippen molar-refractivity contribution in [3.63, 3.8) is 0 Å². The molecule has 0 radical (unpaired) electrons. The standard InChI is InChI=1S/C52H62F6N2O2S2/c1-3-5-7-9-11-13-15-17-19-21-35-59-47(43-33-31-41(63-43)37-23-27-39(28-24-37)51(53,54)55)45-46(49(59)61)48(60(50(45)62)36-22-20-18-16-14-12-10-8-6-4-2)44-34-32-42(64-44)38-25-29-40(30-26-38)52(56,57)58/h23-34H,3-22,35-36H2,1-2H3. The lowest BCUT2D eigenvalue weighted by atomic mass is 10.1. The van der Waals surface area contributed by atoms with Crippen molar-refractivity contribution in [3.8, 4) is 20.9 Å². The molecule has 2 amide bonds. The van der Waals surface area contributed by atoms with Crippen LogP contribution in [0.2, 0.25) is 0 Å². The van der Waals surface area contributed by atoms with Crippen molar-refractivity contribution in [1.82, 2.24) is 9.80 Å². The van der Waals surface area contributed by atoms with Gasteiger partial charge >= 0.3 is 12.4 Å². The first-order valence-electron chi connectivity index (χ1n) is 23.5. The van der Waals surface area contributed by atoms with Gasteiger partial charge in [-0.1, -0.05) is 154 Å². The Morgan fingerprint density at radius 2 is 0.672 bits per heavy atom. The summed E-state index contributed by atoms with van der Waals surface area (Å²) >= 11 is 2.69. The predicted octanol–water partition coefficient (Wildman–Crippen LogP) is 16.8. The van der Waals surface area contributed by atoms with Gasteiger partial charge < -0.3 is 9.80 Å². The predicted molar refractivity (Wildman–Crippen MR) is 250 cm³/mol. The number of thiophene rings is 2.